The Balaban J connectivity index is 1.85. The highest BCUT2D eigenvalue weighted by molar-refractivity contribution is 7.99. The second-order valence-electron chi connectivity index (χ2n) is 7.34. The van der Waals surface area contributed by atoms with Crippen molar-refractivity contribution >= 4 is 17.7 Å². The zero-order valence-electron chi connectivity index (χ0n) is 16.9. The Morgan fingerprint density at radius 3 is 2.82 bits per heavy atom. The van der Waals surface area contributed by atoms with Gasteiger partial charge < -0.3 is 14.4 Å². The van der Waals surface area contributed by atoms with Gasteiger partial charge in [0.1, 0.15) is 12.4 Å². The predicted octanol–water partition coefficient (Wildman–Crippen LogP) is 4.46. The van der Waals surface area contributed by atoms with Crippen LogP contribution in [0.4, 0.5) is 0 Å². The van der Waals surface area contributed by atoms with Crippen LogP contribution in [0.25, 0.3) is 0 Å². The van der Waals surface area contributed by atoms with Crippen molar-refractivity contribution in [1.82, 2.24) is 4.90 Å². The van der Waals surface area contributed by atoms with Gasteiger partial charge in [0, 0.05) is 24.3 Å². The van der Waals surface area contributed by atoms with Gasteiger partial charge in [-0.2, -0.15) is 0 Å². The second-order valence-corrected chi connectivity index (χ2v) is 8.56. The monoisotopic (exact) mass is 399 g/mol. The minimum absolute atomic E-state index is 0.149. The molecule has 0 aromatic heterocycles. The van der Waals surface area contributed by atoms with Gasteiger partial charge in [0.25, 0.3) is 0 Å². The molecule has 2 aromatic carbocycles. The summed E-state index contributed by atoms with van der Waals surface area (Å²) in [6.07, 6.45) is 2.11. The molecule has 0 saturated carbocycles. The zero-order chi connectivity index (χ0) is 19.9. The maximum Gasteiger partial charge on any atom is 0.305 e. The number of thioether (sulfide) groups is 1. The van der Waals surface area contributed by atoms with Gasteiger partial charge in [0.2, 0.25) is 0 Å². The number of carbonyl (C=O) groups is 1. The Hall–Kier alpha value is -1.98. The first kappa shape index (κ1) is 20.7. The van der Waals surface area contributed by atoms with Gasteiger partial charge in [-0.3, -0.25) is 4.79 Å². The summed E-state index contributed by atoms with van der Waals surface area (Å²) >= 11 is 1.97. The van der Waals surface area contributed by atoms with Gasteiger partial charge >= 0.3 is 5.97 Å². The lowest BCUT2D eigenvalue weighted by molar-refractivity contribution is -0.140. The molecule has 2 aromatic rings. The van der Waals surface area contributed by atoms with Crippen molar-refractivity contribution in [2.24, 2.45) is 0 Å². The van der Waals surface area contributed by atoms with Gasteiger partial charge in [0.05, 0.1) is 12.4 Å². The lowest BCUT2D eigenvalue weighted by atomic mass is 9.97. The fourth-order valence-corrected chi connectivity index (χ4v) is 4.89. The van der Waals surface area contributed by atoms with E-state index in [1.165, 1.54) is 29.4 Å². The van der Waals surface area contributed by atoms with Gasteiger partial charge in [-0.1, -0.05) is 36.4 Å². The summed E-state index contributed by atoms with van der Waals surface area (Å²) in [4.78, 5) is 13.6. The minimum Gasteiger partial charge on any atom is -0.489 e. The summed E-state index contributed by atoms with van der Waals surface area (Å²) in [5.41, 5.74) is 5.08. The van der Waals surface area contributed by atoms with E-state index in [0.29, 0.717) is 13.0 Å². The standard InChI is InChI=1S/C23H29NO3S/c1-24(2)13-14-28-23-19-9-5-4-8-18(19)16-27-21-12-11-17(15-20(21)23)7-6-10-22(25)26-3/h4-5,8-9,11-12,15,23H,6-7,10,13-14,16H2,1-3H3. The summed E-state index contributed by atoms with van der Waals surface area (Å²) in [7, 11) is 5.66. The minimum atomic E-state index is -0.149. The quantitative estimate of drug-likeness (QED) is 0.613. The van der Waals surface area contributed by atoms with Crippen LogP contribution in [0.1, 0.15) is 40.3 Å². The lowest BCUT2D eigenvalue weighted by Crippen LogP contribution is -2.15. The SMILES string of the molecule is COC(=O)CCCc1ccc2c(c1)C(SCCN(C)C)c1ccccc1CO2. The molecule has 1 atom stereocenters. The highest BCUT2D eigenvalue weighted by Gasteiger charge is 2.25. The number of hydrogen-bond acceptors (Lipinski definition) is 5. The van der Waals surface area contributed by atoms with Crippen LogP contribution < -0.4 is 4.74 Å². The van der Waals surface area contributed by atoms with Gasteiger partial charge in [-0.05, 0) is 49.7 Å². The number of aryl methyl sites for hydroxylation is 1. The average Bonchev–Trinajstić information content (AvgIpc) is 2.85. The van der Waals surface area contributed by atoms with Crippen LogP contribution in [0.3, 0.4) is 0 Å². The van der Waals surface area contributed by atoms with E-state index in [9.17, 15) is 4.79 Å². The molecular weight excluding hydrogens is 370 g/mol. The maximum absolute atomic E-state index is 11.4. The molecule has 3 rings (SSSR count). The molecule has 0 N–H and O–H groups in total. The number of nitrogens with zero attached hydrogens (tertiary/aromatic N) is 1. The van der Waals surface area contributed by atoms with Gasteiger partial charge in [-0.25, -0.2) is 0 Å². The molecule has 0 aliphatic carbocycles. The van der Waals surface area contributed by atoms with E-state index in [1.54, 1.807) is 0 Å². The number of hydrogen-bond donors (Lipinski definition) is 0. The molecule has 4 nitrogen and oxygen atoms in total. The molecule has 1 aliphatic heterocycles. The van der Waals surface area contributed by atoms with Crippen LogP contribution >= 0.6 is 11.8 Å². The summed E-state index contributed by atoms with van der Waals surface area (Å²) in [6.45, 7) is 1.65. The number of rotatable bonds is 8. The van der Waals surface area contributed by atoms with Crippen molar-refractivity contribution in [3.63, 3.8) is 0 Å². The number of carbonyl (C=O) groups excluding carboxylic acids is 1. The largest absolute Gasteiger partial charge is 0.489 e. The zero-order valence-corrected chi connectivity index (χ0v) is 17.8. The summed E-state index contributed by atoms with van der Waals surface area (Å²) in [6, 6.07) is 15.1. The smallest absolute Gasteiger partial charge is 0.305 e. The van der Waals surface area contributed by atoms with Crippen molar-refractivity contribution in [2.75, 3.05) is 33.5 Å². The highest BCUT2D eigenvalue weighted by Crippen LogP contribution is 2.44. The van der Waals surface area contributed by atoms with Crippen molar-refractivity contribution in [3.8, 4) is 5.75 Å². The molecule has 0 spiro atoms. The third-order valence-corrected chi connectivity index (χ3v) is 6.23. The first-order valence-corrected chi connectivity index (χ1v) is 10.8. The van der Waals surface area contributed by atoms with Crippen molar-refractivity contribution in [1.29, 1.82) is 0 Å². The molecule has 1 aliphatic rings. The van der Waals surface area contributed by atoms with Crippen LogP contribution in [-0.4, -0.2) is 44.4 Å². The lowest BCUT2D eigenvalue weighted by Gasteiger charge is -2.20. The molecule has 1 heterocycles. The van der Waals surface area contributed by atoms with E-state index < -0.39 is 0 Å². The summed E-state index contributed by atoms with van der Waals surface area (Å²) < 4.78 is 10.9. The first-order valence-electron chi connectivity index (χ1n) is 9.75. The third kappa shape index (κ3) is 5.30. The molecule has 0 fully saturated rings. The number of ether oxygens (including phenoxy) is 2. The van der Waals surface area contributed by atoms with E-state index in [1.807, 2.05) is 11.8 Å². The molecular formula is C23H29NO3S. The highest BCUT2D eigenvalue weighted by atomic mass is 32.2. The Kier molecular flexibility index (Phi) is 7.40. The van der Waals surface area contributed by atoms with E-state index >= 15 is 0 Å². The molecule has 5 heteroatoms. The van der Waals surface area contributed by atoms with Crippen molar-refractivity contribution < 1.29 is 14.3 Å². The predicted molar refractivity (Wildman–Crippen MR) is 115 cm³/mol. The van der Waals surface area contributed by atoms with Gasteiger partial charge in [0.15, 0.2) is 0 Å². The van der Waals surface area contributed by atoms with Crippen LogP contribution in [0, 0.1) is 0 Å². The maximum atomic E-state index is 11.4. The average molecular weight is 400 g/mol. The number of methoxy groups -OCH3 is 1. The first-order chi connectivity index (χ1) is 13.6. The van der Waals surface area contributed by atoms with Crippen molar-refractivity contribution in [3.05, 3.63) is 64.7 Å². The fourth-order valence-electron chi connectivity index (χ4n) is 3.41. The Labute approximate surface area is 172 Å². The third-order valence-electron chi connectivity index (χ3n) is 4.97. The fraction of sp³-hybridized carbons (Fsp3) is 0.435. The second kappa shape index (κ2) is 9.99. The number of benzene rings is 2. The van der Waals surface area contributed by atoms with Crippen LogP contribution in [0.2, 0.25) is 0 Å². The van der Waals surface area contributed by atoms with E-state index in [0.717, 1.165) is 30.9 Å². The molecule has 1 unspecified atom stereocenters. The number of fused-ring (bicyclic) bond motifs is 2. The number of esters is 1. The Bertz CT molecular complexity index is 806. The molecule has 0 bridgehead atoms. The van der Waals surface area contributed by atoms with E-state index in [2.05, 4.69) is 61.5 Å². The van der Waals surface area contributed by atoms with Crippen molar-refractivity contribution in [2.45, 2.75) is 31.1 Å². The Morgan fingerprint density at radius 2 is 2.04 bits per heavy atom. The summed E-state index contributed by atoms with van der Waals surface area (Å²) in [5.74, 6) is 1.87. The van der Waals surface area contributed by atoms with Gasteiger partial charge in [-0.15, -0.1) is 11.8 Å². The topological polar surface area (TPSA) is 38.8 Å². The molecule has 0 saturated heterocycles. The van der Waals surface area contributed by atoms with Crippen LogP contribution in [-0.2, 0) is 22.6 Å². The summed E-state index contributed by atoms with van der Waals surface area (Å²) in [5, 5.41) is 0.259. The van der Waals surface area contributed by atoms with E-state index in [4.69, 9.17) is 9.47 Å². The van der Waals surface area contributed by atoms with E-state index in [-0.39, 0.29) is 11.2 Å². The normalized spacial score (nSPS) is 15.4. The molecule has 0 amide bonds. The molecule has 28 heavy (non-hydrogen) atoms. The van der Waals surface area contributed by atoms with Crippen LogP contribution in [0.15, 0.2) is 42.5 Å². The Morgan fingerprint density at radius 1 is 1.21 bits per heavy atom. The molecule has 0 radical (unpaired) electrons. The van der Waals surface area contributed by atoms with Crippen LogP contribution in [0.5, 0.6) is 5.75 Å². The molecule has 150 valence electrons.